The number of hydrogen-bond donors (Lipinski definition) is 0. The van der Waals surface area contributed by atoms with Gasteiger partial charge in [0, 0.05) is 49.5 Å². The average molecular weight is 411 g/mol. The molecule has 0 radical (unpaired) electrons. The van der Waals surface area contributed by atoms with Crippen molar-refractivity contribution in [1.82, 2.24) is 19.9 Å². The normalized spacial score (nSPS) is 14.0. The van der Waals surface area contributed by atoms with Crippen LogP contribution in [0.1, 0.15) is 16.1 Å². The van der Waals surface area contributed by atoms with E-state index in [1.54, 1.807) is 49.3 Å². The van der Waals surface area contributed by atoms with E-state index in [1.807, 2.05) is 10.3 Å². The van der Waals surface area contributed by atoms with E-state index in [0.29, 0.717) is 55.8 Å². The van der Waals surface area contributed by atoms with Gasteiger partial charge in [0.15, 0.2) is 11.5 Å². The molecular weight excluding hydrogens is 390 g/mol. The second kappa shape index (κ2) is 8.87. The standard InChI is InChI=1S/C20H21N5O3S/c1-27-18-11-15(3-4-17(18)28-12-16-13-29-14-23-16)19(26)24-7-9-25(10-8-24)20-21-5-2-6-22-20/h2-6,11,13-14H,7-10,12H2,1H3. The van der Waals surface area contributed by atoms with Crippen LogP contribution in [0.2, 0.25) is 0 Å². The number of piperazine rings is 1. The maximum atomic E-state index is 12.9. The zero-order valence-corrected chi connectivity index (χ0v) is 16.8. The van der Waals surface area contributed by atoms with E-state index in [4.69, 9.17) is 9.47 Å². The Morgan fingerprint density at radius 3 is 2.59 bits per heavy atom. The summed E-state index contributed by atoms with van der Waals surface area (Å²) in [6, 6.07) is 7.06. The molecule has 1 amide bonds. The van der Waals surface area contributed by atoms with E-state index in [-0.39, 0.29) is 5.91 Å². The summed E-state index contributed by atoms with van der Waals surface area (Å²) in [7, 11) is 1.57. The molecule has 1 aliphatic heterocycles. The highest BCUT2D eigenvalue weighted by atomic mass is 32.1. The first-order valence-corrected chi connectivity index (χ1v) is 10.2. The molecule has 0 unspecified atom stereocenters. The summed E-state index contributed by atoms with van der Waals surface area (Å²) in [5.74, 6) is 1.79. The Labute approximate surface area is 172 Å². The van der Waals surface area contributed by atoms with Gasteiger partial charge in [-0.25, -0.2) is 15.0 Å². The molecule has 3 aromatic rings. The first-order valence-electron chi connectivity index (χ1n) is 9.24. The number of amides is 1. The molecule has 9 heteroatoms. The quantitative estimate of drug-likeness (QED) is 0.616. The SMILES string of the molecule is COc1cc(C(=O)N2CCN(c3ncccn3)CC2)ccc1OCc1cscn1. The number of benzene rings is 1. The van der Waals surface area contributed by atoms with E-state index in [2.05, 4.69) is 19.9 Å². The van der Waals surface area contributed by atoms with E-state index < -0.39 is 0 Å². The number of hydrogen-bond acceptors (Lipinski definition) is 8. The highest BCUT2D eigenvalue weighted by molar-refractivity contribution is 7.07. The molecule has 0 spiro atoms. The van der Waals surface area contributed by atoms with Crippen LogP contribution in [0.3, 0.4) is 0 Å². The zero-order chi connectivity index (χ0) is 20.1. The highest BCUT2D eigenvalue weighted by Crippen LogP contribution is 2.29. The Morgan fingerprint density at radius 2 is 1.90 bits per heavy atom. The molecule has 1 aromatic carbocycles. The molecule has 3 heterocycles. The summed E-state index contributed by atoms with van der Waals surface area (Å²) in [4.78, 5) is 29.6. The average Bonchev–Trinajstić information content (AvgIpc) is 3.31. The van der Waals surface area contributed by atoms with Crippen LogP contribution < -0.4 is 14.4 Å². The van der Waals surface area contributed by atoms with Crippen molar-refractivity contribution in [1.29, 1.82) is 0 Å². The second-order valence-corrected chi connectivity index (χ2v) is 7.18. The van der Waals surface area contributed by atoms with Gasteiger partial charge >= 0.3 is 0 Å². The first kappa shape index (κ1) is 19.1. The molecule has 2 aromatic heterocycles. The topological polar surface area (TPSA) is 80.7 Å². The lowest BCUT2D eigenvalue weighted by molar-refractivity contribution is 0.0745. The Hall–Kier alpha value is -3.20. The molecule has 1 saturated heterocycles. The van der Waals surface area contributed by atoms with Crippen LogP contribution in [0.25, 0.3) is 0 Å². The predicted molar refractivity (Wildman–Crippen MR) is 110 cm³/mol. The van der Waals surface area contributed by atoms with Gasteiger partial charge in [0.25, 0.3) is 5.91 Å². The molecule has 0 atom stereocenters. The second-order valence-electron chi connectivity index (χ2n) is 6.46. The molecule has 0 aliphatic carbocycles. The number of thiazole rings is 1. The number of carbonyl (C=O) groups is 1. The summed E-state index contributed by atoms with van der Waals surface area (Å²) >= 11 is 1.52. The summed E-state index contributed by atoms with van der Waals surface area (Å²) in [6.07, 6.45) is 3.45. The fourth-order valence-electron chi connectivity index (χ4n) is 3.13. The molecule has 150 valence electrons. The van der Waals surface area contributed by atoms with Gasteiger partial charge in [-0.1, -0.05) is 0 Å². The lowest BCUT2D eigenvalue weighted by Crippen LogP contribution is -2.49. The van der Waals surface area contributed by atoms with Gasteiger partial charge < -0.3 is 19.3 Å². The van der Waals surface area contributed by atoms with Crippen molar-refractivity contribution in [3.63, 3.8) is 0 Å². The number of carbonyl (C=O) groups excluding carboxylic acids is 1. The van der Waals surface area contributed by atoms with Crippen molar-refractivity contribution in [3.05, 3.63) is 58.8 Å². The minimum Gasteiger partial charge on any atom is -0.493 e. The van der Waals surface area contributed by atoms with Crippen LogP contribution in [0.4, 0.5) is 5.95 Å². The molecule has 8 nitrogen and oxygen atoms in total. The fourth-order valence-corrected chi connectivity index (χ4v) is 3.67. The number of ether oxygens (including phenoxy) is 2. The highest BCUT2D eigenvalue weighted by Gasteiger charge is 2.24. The van der Waals surface area contributed by atoms with Crippen molar-refractivity contribution in [2.24, 2.45) is 0 Å². The van der Waals surface area contributed by atoms with Crippen LogP contribution in [0, 0.1) is 0 Å². The molecule has 1 fully saturated rings. The smallest absolute Gasteiger partial charge is 0.254 e. The fraction of sp³-hybridized carbons (Fsp3) is 0.300. The minimum absolute atomic E-state index is 0.0250. The van der Waals surface area contributed by atoms with Crippen molar-refractivity contribution < 1.29 is 14.3 Å². The Morgan fingerprint density at radius 1 is 1.10 bits per heavy atom. The third kappa shape index (κ3) is 4.45. The predicted octanol–water partition coefficient (Wildman–Crippen LogP) is 2.48. The Bertz CT molecular complexity index is 944. The van der Waals surface area contributed by atoms with Gasteiger partial charge in [-0.3, -0.25) is 4.79 Å². The van der Waals surface area contributed by atoms with Crippen molar-refractivity contribution in [2.75, 3.05) is 38.2 Å². The summed E-state index contributed by atoms with van der Waals surface area (Å²) < 4.78 is 11.2. The number of anilines is 1. The minimum atomic E-state index is -0.0250. The number of aromatic nitrogens is 3. The van der Waals surface area contributed by atoms with Crippen molar-refractivity contribution in [3.8, 4) is 11.5 Å². The monoisotopic (exact) mass is 411 g/mol. The number of methoxy groups -OCH3 is 1. The van der Waals surface area contributed by atoms with E-state index in [1.165, 1.54) is 11.3 Å². The van der Waals surface area contributed by atoms with Gasteiger partial charge in [0.2, 0.25) is 5.95 Å². The van der Waals surface area contributed by atoms with Crippen LogP contribution in [-0.2, 0) is 6.61 Å². The summed E-state index contributed by atoms with van der Waals surface area (Å²) in [5.41, 5.74) is 3.20. The van der Waals surface area contributed by atoms with Crippen LogP contribution in [0.5, 0.6) is 11.5 Å². The van der Waals surface area contributed by atoms with Crippen molar-refractivity contribution >= 4 is 23.2 Å². The van der Waals surface area contributed by atoms with E-state index >= 15 is 0 Å². The molecule has 0 bridgehead atoms. The lowest BCUT2D eigenvalue weighted by atomic mass is 10.1. The van der Waals surface area contributed by atoms with Crippen LogP contribution in [0.15, 0.2) is 47.5 Å². The first-order chi connectivity index (χ1) is 14.2. The molecule has 4 rings (SSSR count). The van der Waals surface area contributed by atoms with Gasteiger partial charge in [0.05, 0.1) is 18.3 Å². The molecule has 0 N–H and O–H groups in total. The lowest BCUT2D eigenvalue weighted by Gasteiger charge is -2.34. The number of nitrogens with zero attached hydrogens (tertiary/aromatic N) is 5. The Kier molecular flexibility index (Phi) is 5.85. The Balaban J connectivity index is 1.39. The van der Waals surface area contributed by atoms with E-state index in [0.717, 1.165) is 5.69 Å². The summed E-state index contributed by atoms with van der Waals surface area (Å²) in [6.45, 7) is 2.98. The van der Waals surface area contributed by atoms with Gasteiger partial charge in [-0.15, -0.1) is 11.3 Å². The third-order valence-corrected chi connectivity index (χ3v) is 5.31. The summed E-state index contributed by atoms with van der Waals surface area (Å²) in [5, 5.41) is 1.94. The van der Waals surface area contributed by atoms with E-state index in [9.17, 15) is 4.79 Å². The maximum absolute atomic E-state index is 12.9. The van der Waals surface area contributed by atoms with Crippen molar-refractivity contribution in [2.45, 2.75) is 6.61 Å². The molecule has 0 saturated carbocycles. The van der Waals surface area contributed by atoms with Crippen LogP contribution in [-0.4, -0.2) is 59.0 Å². The largest absolute Gasteiger partial charge is 0.493 e. The molecular formula is C20H21N5O3S. The number of rotatable bonds is 6. The zero-order valence-electron chi connectivity index (χ0n) is 16.0. The van der Waals surface area contributed by atoms with Gasteiger partial charge in [0.1, 0.15) is 6.61 Å². The molecule has 29 heavy (non-hydrogen) atoms. The van der Waals surface area contributed by atoms with Gasteiger partial charge in [-0.2, -0.15) is 0 Å². The maximum Gasteiger partial charge on any atom is 0.254 e. The van der Waals surface area contributed by atoms with Gasteiger partial charge in [-0.05, 0) is 24.3 Å². The third-order valence-electron chi connectivity index (χ3n) is 4.67. The molecule has 1 aliphatic rings. The van der Waals surface area contributed by atoms with Crippen LogP contribution >= 0.6 is 11.3 Å².